The zero-order valence-corrected chi connectivity index (χ0v) is 19.6. The van der Waals surface area contributed by atoms with Gasteiger partial charge in [0.25, 0.3) is 0 Å². The molecule has 0 aromatic carbocycles. The molecule has 0 spiro atoms. The fraction of sp³-hybridized carbons (Fsp3) is 0.944. The van der Waals surface area contributed by atoms with Gasteiger partial charge in [0, 0.05) is 6.54 Å². The van der Waals surface area contributed by atoms with Gasteiger partial charge in [-0.15, -0.1) is 0 Å². The Balaban J connectivity index is 0. The fourth-order valence-electron chi connectivity index (χ4n) is 2.68. The van der Waals surface area contributed by atoms with Crippen molar-refractivity contribution in [1.29, 1.82) is 0 Å². The normalized spacial score (nSPS) is 12.2. The summed E-state index contributed by atoms with van der Waals surface area (Å²) in [5.41, 5.74) is 0. The largest absolute Gasteiger partial charge is 1.00 e. The van der Waals surface area contributed by atoms with E-state index in [1.165, 1.54) is 70.6 Å². The van der Waals surface area contributed by atoms with Gasteiger partial charge in [0.05, 0.1) is 6.61 Å². The quantitative estimate of drug-likeness (QED) is 0.122. The monoisotopic (exact) mass is 401 g/mol. The van der Waals surface area contributed by atoms with Gasteiger partial charge in [0.15, 0.2) is 0 Å². The average Bonchev–Trinajstić information content (AvgIpc) is 2.56. The molecule has 0 aromatic heterocycles. The summed E-state index contributed by atoms with van der Waals surface area (Å²) >= 11 is 0. The molecule has 0 saturated carbocycles. The summed E-state index contributed by atoms with van der Waals surface area (Å²) in [4.78, 5) is 3.68. The van der Waals surface area contributed by atoms with Crippen LogP contribution in [0.15, 0.2) is 4.99 Å². The van der Waals surface area contributed by atoms with Gasteiger partial charge in [-0.1, -0.05) is 90.4 Å². The molecule has 0 amide bonds. The van der Waals surface area contributed by atoms with E-state index in [9.17, 15) is 13.5 Å². The molecule has 1 N–H and O–H groups in total. The van der Waals surface area contributed by atoms with E-state index in [0.717, 1.165) is 19.3 Å². The van der Waals surface area contributed by atoms with Crippen molar-refractivity contribution in [3.8, 4) is 0 Å². The second-order valence-corrected chi connectivity index (χ2v) is 7.65. The third kappa shape index (κ3) is 24.3. The summed E-state index contributed by atoms with van der Waals surface area (Å²) in [5, 5.41) is 11.2. The minimum atomic E-state index is -4.56. The van der Waals surface area contributed by atoms with Crippen LogP contribution < -0.4 is 34.7 Å². The second-order valence-electron chi connectivity index (χ2n) is 6.56. The standard InChI is InChI=1S/C18H37NO5S.Na/c1-2-3-4-5-6-7-8-9-10-11-12-13-14-15-16-19-18(20)17-24-25(21,22)23;/h2-17H2,1H3,(H,19,20)(H,21,22,23);/q;+1/p-1. The van der Waals surface area contributed by atoms with Crippen LogP contribution in [0.25, 0.3) is 0 Å². The Hall–Kier alpha value is 0.340. The van der Waals surface area contributed by atoms with Crippen molar-refractivity contribution < 1.29 is 51.8 Å². The van der Waals surface area contributed by atoms with Crippen molar-refractivity contribution in [3.63, 3.8) is 0 Å². The van der Waals surface area contributed by atoms with E-state index in [1.54, 1.807) is 0 Å². The van der Waals surface area contributed by atoms with Crippen molar-refractivity contribution in [1.82, 2.24) is 0 Å². The molecule has 0 heterocycles. The van der Waals surface area contributed by atoms with Crippen LogP contribution in [-0.2, 0) is 14.6 Å². The molecule has 0 fully saturated rings. The molecule has 0 aliphatic rings. The summed E-state index contributed by atoms with van der Waals surface area (Å²) in [6, 6.07) is 0. The predicted molar refractivity (Wildman–Crippen MR) is 100 cm³/mol. The smallest absolute Gasteiger partial charge is 0.860 e. The third-order valence-electron chi connectivity index (χ3n) is 4.13. The predicted octanol–water partition coefficient (Wildman–Crippen LogP) is 1.05. The Bertz CT molecular complexity index is 429. The van der Waals surface area contributed by atoms with Crippen molar-refractivity contribution in [3.05, 3.63) is 0 Å². The average molecular weight is 402 g/mol. The molecule has 150 valence electrons. The van der Waals surface area contributed by atoms with Crippen molar-refractivity contribution in [2.24, 2.45) is 4.99 Å². The van der Waals surface area contributed by atoms with Gasteiger partial charge in [-0.3, -0.25) is 4.55 Å². The first-order valence-electron chi connectivity index (χ1n) is 9.78. The Morgan fingerprint density at radius 3 is 1.62 bits per heavy atom. The molecule has 8 heteroatoms. The molecule has 0 saturated heterocycles. The zero-order chi connectivity index (χ0) is 18.8. The van der Waals surface area contributed by atoms with E-state index < -0.39 is 22.9 Å². The fourth-order valence-corrected chi connectivity index (χ4v) is 2.93. The molecule has 0 radical (unpaired) electrons. The Morgan fingerprint density at radius 2 is 1.23 bits per heavy atom. The maximum Gasteiger partial charge on any atom is 1.00 e. The second kappa shape index (κ2) is 20.1. The molecule has 0 bridgehead atoms. The van der Waals surface area contributed by atoms with Gasteiger partial charge in [0.1, 0.15) is 0 Å². The molecule has 6 nitrogen and oxygen atoms in total. The summed E-state index contributed by atoms with van der Waals surface area (Å²) in [6.45, 7) is 1.90. The third-order valence-corrected chi connectivity index (χ3v) is 4.55. The molecule has 0 atom stereocenters. The molecular formula is C18H36NNaO5S. The first kappa shape index (κ1) is 28.5. The van der Waals surface area contributed by atoms with Crippen LogP contribution in [0, 0.1) is 0 Å². The molecular weight excluding hydrogens is 365 g/mol. The van der Waals surface area contributed by atoms with E-state index in [4.69, 9.17) is 4.55 Å². The van der Waals surface area contributed by atoms with E-state index in [0.29, 0.717) is 6.54 Å². The van der Waals surface area contributed by atoms with Gasteiger partial charge in [-0.2, -0.15) is 8.42 Å². The first-order chi connectivity index (χ1) is 12.0. The number of hydrogen-bond donors (Lipinski definition) is 1. The topological polar surface area (TPSA) is 99.0 Å². The number of unbranched alkanes of at least 4 members (excludes halogenated alkanes) is 13. The van der Waals surface area contributed by atoms with Crippen LogP contribution in [-0.4, -0.2) is 32.0 Å². The summed E-state index contributed by atoms with van der Waals surface area (Å²) in [7, 11) is -4.56. The molecule has 0 aliphatic carbocycles. The molecule has 0 aromatic rings. The van der Waals surface area contributed by atoms with Crippen molar-refractivity contribution >= 4 is 16.3 Å². The van der Waals surface area contributed by atoms with Crippen molar-refractivity contribution in [2.45, 2.75) is 96.8 Å². The van der Waals surface area contributed by atoms with Crippen molar-refractivity contribution in [2.75, 3.05) is 13.2 Å². The number of hydrogen-bond acceptors (Lipinski definition) is 5. The number of rotatable bonds is 18. The molecule has 0 aliphatic heterocycles. The van der Waals surface area contributed by atoms with E-state index in [2.05, 4.69) is 16.1 Å². The zero-order valence-electron chi connectivity index (χ0n) is 16.7. The van der Waals surface area contributed by atoms with E-state index in [-0.39, 0.29) is 29.6 Å². The molecule has 26 heavy (non-hydrogen) atoms. The van der Waals surface area contributed by atoms with Crippen LogP contribution in [0.4, 0.5) is 0 Å². The first-order valence-corrected chi connectivity index (χ1v) is 11.1. The summed E-state index contributed by atoms with van der Waals surface area (Å²) in [6.07, 6.45) is 17.7. The maximum atomic E-state index is 11.2. The van der Waals surface area contributed by atoms with Crippen LogP contribution in [0.5, 0.6) is 0 Å². The number of nitrogens with zero attached hydrogens (tertiary/aromatic N) is 1. The minimum Gasteiger partial charge on any atom is -0.860 e. The van der Waals surface area contributed by atoms with Crippen LogP contribution in [0.3, 0.4) is 0 Å². The van der Waals surface area contributed by atoms with Gasteiger partial charge in [0.2, 0.25) is 0 Å². The van der Waals surface area contributed by atoms with E-state index in [1.807, 2.05) is 0 Å². The Labute approximate surface area is 182 Å². The van der Waals surface area contributed by atoms with Crippen LogP contribution in [0.1, 0.15) is 96.8 Å². The Kier molecular flexibility index (Phi) is 22.1. The molecule has 0 rings (SSSR count). The minimum absolute atomic E-state index is 0. The summed E-state index contributed by atoms with van der Waals surface area (Å²) in [5.74, 6) is -0.660. The van der Waals surface area contributed by atoms with Gasteiger partial charge < -0.3 is 10.1 Å². The SMILES string of the molecule is CCCCCCCCCCCCCCCCN=C([O-])COS(=O)(=O)O.[Na+]. The van der Waals surface area contributed by atoms with Crippen LogP contribution in [0.2, 0.25) is 0 Å². The number of aliphatic imine (C=N–C) groups is 1. The summed E-state index contributed by atoms with van der Waals surface area (Å²) < 4.78 is 32.9. The maximum absolute atomic E-state index is 11.2. The van der Waals surface area contributed by atoms with Gasteiger partial charge >= 0.3 is 40.0 Å². The van der Waals surface area contributed by atoms with Crippen LogP contribution >= 0.6 is 0 Å². The Morgan fingerprint density at radius 1 is 0.846 bits per heavy atom. The van der Waals surface area contributed by atoms with E-state index >= 15 is 0 Å². The molecule has 0 unspecified atom stereocenters. The van der Waals surface area contributed by atoms with Gasteiger partial charge in [-0.25, -0.2) is 4.18 Å². The van der Waals surface area contributed by atoms with Gasteiger partial charge in [-0.05, 0) is 12.3 Å².